The monoisotopic (exact) mass is 544 g/mol. The Kier molecular flexibility index (Phi) is 10.6. The van der Waals surface area contributed by atoms with Gasteiger partial charge in [-0.2, -0.15) is 0 Å². The average Bonchev–Trinajstić information content (AvgIpc) is 2.85. The third-order valence-corrected chi connectivity index (χ3v) is 3.48. The first-order valence-corrected chi connectivity index (χ1v) is 9.00. The number of nitrogens with zero attached hydrogens (tertiary/aromatic N) is 1. The Balaban J connectivity index is 0.00000625. The number of carbonyl (C=O) groups is 1. The zero-order chi connectivity index (χ0) is 19.1. The summed E-state index contributed by atoms with van der Waals surface area (Å²) in [7, 11) is 1.70. The Bertz CT molecular complexity index is 597. The normalized spacial score (nSPS) is 12.2. The van der Waals surface area contributed by atoms with Crippen LogP contribution in [-0.4, -0.2) is 43.3 Å². The summed E-state index contributed by atoms with van der Waals surface area (Å²) in [5.74, 6) is 1.55. The number of ether oxygens (including phenoxy) is 1. The van der Waals surface area contributed by atoms with Gasteiger partial charge >= 0.3 is 6.09 Å². The molecule has 0 aliphatic rings. The predicted octanol–water partition coefficient (Wildman–Crippen LogP) is 3.67. The van der Waals surface area contributed by atoms with Gasteiger partial charge in [0.1, 0.15) is 11.4 Å². The van der Waals surface area contributed by atoms with Gasteiger partial charge in [0.2, 0.25) is 0 Å². The van der Waals surface area contributed by atoms with E-state index in [0.29, 0.717) is 19.0 Å². The van der Waals surface area contributed by atoms with Crippen LogP contribution in [0.2, 0.25) is 0 Å². The minimum absolute atomic E-state index is 0. The number of rotatable bonds is 6. The molecule has 1 rings (SSSR count). The lowest BCUT2D eigenvalue weighted by molar-refractivity contribution is 0.0474. The van der Waals surface area contributed by atoms with Crippen LogP contribution < -0.4 is 16.0 Å². The quantitative estimate of drug-likeness (QED) is 0.289. The molecule has 0 aliphatic heterocycles. The van der Waals surface area contributed by atoms with E-state index in [9.17, 15) is 4.79 Å². The number of aliphatic imine (C=N–C) groups is 1. The summed E-state index contributed by atoms with van der Waals surface area (Å²) in [6.07, 6.45) is 0.303. The first-order chi connectivity index (χ1) is 11.5. The second kappa shape index (κ2) is 11.0. The van der Waals surface area contributed by atoms with Crippen LogP contribution in [0.3, 0.4) is 0 Å². The molecule has 1 aromatic heterocycles. The van der Waals surface area contributed by atoms with Crippen molar-refractivity contribution in [2.24, 2.45) is 4.99 Å². The first kappa shape index (κ1) is 25.0. The number of carbonyl (C=O) groups excluding carboxylic acids is 1. The second-order valence-electron chi connectivity index (χ2n) is 7.32. The highest BCUT2D eigenvalue weighted by molar-refractivity contribution is 14.0. The molecule has 0 bridgehead atoms. The van der Waals surface area contributed by atoms with Crippen LogP contribution in [0.25, 0.3) is 0 Å². The van der Waals surface area contributed by atoms with Gasteiger partial charge in [-0.3, -0.25) is 4.99 Å². The molecule has 1 heterocycles. The van der Waals surface area contributed by atoms with Crippen molar-refractivity contribution in [3.63, 3.8) is 0 Å². The molecule has 150 valence electrons. The zero-order valence-electron chi connectivity index (χ0n) is 16.2. The van der Waals surface area contributed by atoms with Gasteiger partial charge < -0.3 is 25.1 Å². The summed E-state index contributed by atoms with van der Waals surface area (Å²) in [5.41, 5.74) is -1.02. The molecule has 0 atom stereocenters. The van der Waals surface area contributed by atoms with Crippen molar-refractivity contribution in [2.75, 3.05) is 20.1 Å². The van der Waals surface area contributed by atoms with Crippen molar-refractivity contribution >= 4 is 52.0 Å². The highest BCUT2D eigenvalue weighted by Gasteiger charge is 2.24. The molecule has 7 nitrogen and oxygen atoms in total. The summed E-state index contributed by atoms with van der Waals surface area (Å²) in [5, 5.41) is 9.26. The van der Waals surface area contributed by atoms with E-state index in [0.717, 1.165) is 16.9 Å². The lowest BCUT2D eigenvalue weighted by atomic mass is 10.1. The van der Waals surface area contributed by atoms with Gasteiger partial charge in [0.25, 0.3) is 0 Å². The van der Waals surface area contributed by atoms with E-state index in [-0.39, 0.29) is 24.0 Å². The van der Waals surface area contributed by atoms with Crippen molar-refractivity contribution < 1.29 is 13.9 Å². The molecular formula is C17H30BrIN4O3. The molecule has 9 heteroatoms. The van der Waals surface area contributed by atoms with Crippen molar-refractivity contribution in [2.45, 2.75) is 52.2 Å². The maximum atomic E-state index is 11.9. The Morgan fingerprint density at radius 3 is 2.38 bits per heavy atom. The molecule has 0 radical (unpaired) electrons. The van der Waals surface area contributed by atoms with Crippen LogP contribution in [0.15, 0.2) is 26.2 Å². The van der Waals surface area contributed by atoms with Gasteiger partial charge in [0.05, 0.1) is 5.54 Å². The Labute approximate surface area is 181 Å². The third kappa shape index (κ3) is 10.9. The molecule has 26 heavy (non-hydrogen) atoms. The van der Waals surface area contributed by atoms with Gasteiger partial charge in [-0.25, -0.2) is 4.79 Å². The number of nitrogens with one attached hydrogen (secondary N) is 3. The van der Waals surface area contributed by atoms with Gasteiger partial charge in [0.15, 0.2) is 10.6 Å². The summed E-state index contributed by atoms with van der Waals surface area (Å²) < 4.78 is 11.5. The fourth-order valence-electron chi connectivity index (χ4n) is 1.94. The van der Waals surface area contributed by atoms with E-state index in [1.165, 1.54) is 0 Å². The van der Waals surface area contributed by atoms with Crippen LogP contribution in [0, 0.1) is 0 Å². The van der Waals surface area contributed by atoms with E-state index in [1.54, 1.807) is 7.05 Å². The van der Waals surface area contributed by atoms with E-state index in [2.05, 4.69) is 36.9 Å². The SMILES string of the molecule is CN=C(NCCc1ccc(Br)o1)NCC(C)(C)NC(=O)OC(C)(C)C.I. The van der Waals surface area contributed by atoms with Gasteiger partial charge in [-0.05, 0) is 62.7 Å². The number of halogens is 2. The van der Waals surface area contributed by atoms with Crippen molar-refractivity contribution in [1.82, 2.24) is 16.0 Å². The Hall–Kier alpha value is -0.970. The predicted molar refractivity (Wildman–Crippen MR) is 118 cm³/mol. The summed E-state index contributed by atoms with van der Waals surface area (Å²) >= 11 is 3.28. The van der Waals surface area contributed by atoms with Crippen LogP contribution >= 0.6 is 39.9 Å². The fourth-order valence-corrected chi connectivity index (χ4v) is 2.28. The molecule has 0 unspecified atom stereocenters. The molecule has 0 saturated heterocycles. The maximum absolute atomic E-state index is 11.9. The molecular weight excluding hydrogens is 515 g/mol. The van der Waals surface area contributed by atoms with Crippen LogP contribution in [0.4, 0.5) is 4.79 Å². The maximum Gasteiger partial charge on any atom is 0.408 e. The highest BCUT2D eigenvalue weighted by Crippen LogP contribution is 2.14. The summed E-state index contributed by atoms with van der Waals surface area (Å²) in [6.45, 7) is 10.5. The number of hydrogen-bond acceptors (Lipinski definition) is 4. The van der Waals surface area contributed by atoms with Gasteiger partial charge in [-0.1, -0.05) is 0 Å². The highest BCUT2D eigenvalue weighted by atomic mass is 127. The van der Waals surface area contributed by atoms with Crippen molar-refractivity contribution in [1.29, 1.82) is 0 Å². The lowest BCUT2D eigenvalue weighted by Crippen LogP contribution is -2.54. The lowest BCUT2D eigenvalue weighted by Gasteiger charge is -2.29. The standard InChI is InChI=1S/C17H29BrN4O3.HI/c1-16(2,3)25-15(23)22-17(4,5)11-21-14(19-6)20-10-9-12-7-8-13(18)24-12;/h7-8H,9-11H2,1-6H3,(H,22,23)(H2,19,20,21);1H. The summed E-state index contributed by atoms with van der Waals surface area (Å²) in [6, 6.07) is 3.79. The molecule has 1 amide bonds. The third-order valence-electron chi connectivity index (χ3n) is 3.05. The van der Waals surface area contributed by atoms with Crippen molar-refractivity contribution in [3.8, 4) is 0 Å². The van der Waals surface area contributed by atoms with E-state index < -0.39 is 17.2 Å². The number of furan rings is 1. The van der Waals surface area contributed by atoms with Crippen LogP contribution in [-0.2, 0) is 11.2 Å². The summed E-state index contributed by atoms with van der Waals surface area (Å²) in [4.78, 5) is 16.1. The number of guanidine groups is 1. The smallest absolute Gasteiger partial charge is 0.408 e. The average molecular weight is 545 g/mol. The fraction of sp³-hybridized carbons (Fsp3) is 0.647. The minimum atomic E-state index is -0.522. The van der Waals surface area contributed by atoms with Gasteiger partial charge in [-0.15, -0.1) is 24.0 Å². The molecule has 0 fully saturated rings. The van der Waals surface area contributed by atoms with E-state index in [4.69, 9.17) is 9.15 Å². The number of amides is 1. The zero-order valence-corrected chi connectivity index (χ0v) is 20.2. The molecule has 0 aromatic carbocycles. The first-order valence-electron chi connectivity index (χ1n) is 8.21. The molecule has 0 saturated carbocycles. The topological polar surface area (TPSA) is 87.9 Å². The van der Waals surface area contributed by atoms with Crippen LogP contribution in [0.5, 0.6) is 0 Å². The number of hydrogen-bond donors (Lipinski definition) is 3. The molecule has 0 aliphatic carbocycles. The van der Waals surface area contributed by atoms with Gasteiger partial charge in [0, 0.05) is 26.6 Å². The second-order valence-corrected chi connectivity index (χ2v) is 8.10. The largest absolute Gasteiger partial charge is 0.454 e. The molecule has 3 N–H and O–H groups in total. The Morgan fingerprint density at radius 1 is 1.23 bits per heavy atom. The number of alkyl carbamates (subject to hydrolysis) is 1. The molecule has 0 spiro atoms. The van der Waals surface area contributed by atoms with E-state index in [1.807, 2.05) is 46.8 Å². The Morgan fingerprint density at radius 2 is 1.88 bits per heavy atom. The van der Waals surface area contributed by atoms with Crippen molar-refractivity contribution in [3.05, 3.63) is 22.6 Å². The minimum Gasteiger partial charge on any atom is -0.454 e. The van der Waals surface area contributed by atoms with E-state index >= 15 is 0 Å². The van der Waals surface area contributed by atoms with Crippen LogP contribution in [0.1, 0.15) is 40.4 Å². The molecule has 1 aromatic rings.